The number of ether oxygens (including phenoxy) is 1. The molecule has 1 unspecified atom stereocenters. The molecule has 1 atom stereocenters. The quantitative estimate of drug-likeness (QED) is 0.610. The fourth-order valence-electron chi connectivity index (χ4n) is 2.30. The second-order valence-corrected chi connectivity index (χ2v) is 4.93. The van der Waals surface area contributed by atoms with Crippen molar-refractivity contribution in [1.82, 2.24) is 4.90 Å². The number of unbranched alkanes of at least 4 members (excludes halogenated alkanes) is 6. The Morgan fingerprint density at radius 2 is 1.82 bits per heavy atom. The summed E-state index contributed by atoms with van der Waals surface area (Å²) in [6.07, 6.45) is 9.51. The van der Waals surface area contributed by atoms with Crippen LogP contribution in [0, 0.1) is 0 Å². The average Bonchev–Trinajstić information content (AvgIpc) is 2.74. The van der Waals surface area contributed by atoms with Gasteiger partial charge >= 0.3 is 0 Å². The number of carbonyl (C=O) groups excluding carboxylic acids is 1. The van der Waals surface area contributed by atoms with Crippen molar-refractivity contribution in [3.8, 4) is 0 Å². The summed E-state index contributed by atoms with van der Waals surface area (Å²) in [4.78, 5) is 13.7. The summed E-state index contributed by atoms with van der Waals surface area (Å²) in [5.74, 6) is 0.267. The molecule has 0 aromatic carbocycles. The highest BCUT2D eigenvalue weighted by Crippen LogP contribution is 2.13. The molecule has 0 aromatic rings. The third-order valence-corrected chi connectivity index (χ3v) is 3.44. The van der Waals surface area contributed by atoms with E-state index in [0.717, 1.165) is 13.0 Å². The maximum atomic E-state index is 11.8. The van der Waals surface area contributed by atoms with Crippen molar-refractivity contribution in [3.63, 3.8) is 0 Å². The van der Waals surface area contributed by atoms with Gasteiger partial charge in [0.1, 0.15) is 6.23 Å². The monoisotopic (exact) mass is 241 g/mol. The molecule has 1 heterocycles. The molecule has 0 N–H and O–H groups in total. The van der Waals surface area contributed by atoms with Crippen LogP contribution in [-0.4, -0.2) is 30.2 Å². The van der Waals surface area contributed by atoms with Crippen molar-refractivity contribution in [1.29, 1.82) is 0 Å². The average molecular weight is 241 g/mol. The zero-order chi connectivity index (χ0) is 12.5. The first kappa shape index (κ1) is 14.5. The van der Waals surface area contributed by atoms with Crippen LogP contribution in [0.2, 0.25) is 0 Å². The summed E-state index contributed by atoms with van der Waals surface area (Å²) in [7, 11) is 0. The Kier molecular flexibility index (Phi) is 7.25. The molecule has 0 bridgehead atoms. The smallest absolute Gasteiger partial charge is 0.224 e. The van der Waals surface area contributed by atoms with Gasteiger partial charge in [0.15, 0.2) is 0 Å². The Hall–Kier alpha value is -0.570. The second-order valence-electron chi connectivity index (χ2n) is 4.93. The third-order valence-electron chi connectivity index (χ3n) is 3.44. The van der Waals surface area contributed by atoms with Crippen LogP contribution in [0.4, 0.5) is 0 Å². The van der Waals surface area contributed by atoms with Crippen LogP contribution in [-0.2, 0) is 9.53 Å². The number of carbonyl (C=O) groups is 1. The molecule has 1 aliphatic rings. The summed E-state index contributed by atoms with van der Waals surface area (Å²) < 4.78 is 5.36. The Morgan fingerprint density at radius 3 is 2.41 bits per heavy atom. The molecule has 1 saturated heterocycles. The minimum Gasteiger partial charge on any atom is -0.357 e. The lowest BCUT2D eigenvalue weighted by molar-refractivity contribution is -0.135. The molecule has 3 nitrogen and oxygen atoms in total. The van der Waals surface area contributed by atoms with Crippen molar-refractivity contribution in [3.05, 3.63) is 0 Å². The number of hydrogen-bond donors (Lipinski definition) is 0. The van der Waals surface area contributed by atoms with Crippen LogP contribution in [0.25, 0.3) is 0 Å². The lowest BCUT2D eigenvalue weighted by atomic mass is 10.1. The molecule has 17 heavy (non-hydrogen) atoms. The van der Waals surface area contributed by atoms with Gasteiger partial charge in [-0.15, -0.1) is 0 Å². The van der Waals surface area contributed by atoms with Gasteiger partial charge in [0.2, 0.25) is 5.91 Å². The van der Waals surface area contributed by atoms with Gasteiger partial charge in [-0.05, 0) is 13.3 Å². The molecule has 0 radical (unpaired) electrons. The van der Waals surface area contributed by atoms with Gasteiger partial charge in [-0.3, -0.25) is 4.79 Å². The predicted octanol–water partition coefficient (Wildman–Crippen LogP) is 3.33. The molecule has 1 amide bonds. The summed E-state index contributed by atoms with van der Waals surface area (Å²) in [5, 5.41) is 0. The minimum absolute atomic E-state index is 0.00736. The molecule has 0 spiro atoms. The molecular weight excluding hydrogens is 214 g/mol. The highest BCUT2D eigenvalue weighted by Gasteiger charge is 2.24. The topological polar surface area (TPSA) is 29.5 Å². The van der Waals surface area contributed by atoms with Crippen LogP contribution in [0.1, 0.15) is 65.2 Å². The van der Waals surface area contributed by atoms with Gasteiger partial charge in [-0.25, -0.2) is 0 Å². The van der Waals surface area contributed by atoms with Gasteiger partial charge in [-0.1, -0.05) is 45.4 Å². The number of rotatable bonds is 8. The SMILES string of the molecule is CCCCCCCCCC(=O)N1CCOC1C. The lowest BCUT2D eigenvalue weighted by Gasteiger charge is -2.19. The van der Waals surface area contributed by atoms with Crippen LogP contribution < -0.4 is 0 Å². The van der Waals surface area contributed by atoms with Crippen molar-refractivity contribution in [2.45, 2.75) is 71.4 Å². The summed E-state index contributed by atoms with van der Waals surface area (Å²) >= 11 is 0. The van der Waals surface area contributed by atoms with E-state index in [-0.39, 0.29) is 12.1 Å². The zero-order valence-electron chi connectivity index (χ0n) is 11.4. The number of nitrogens with zero attached hydrogens (tertiary/aromatic N) is 1. The minimum atomic E-state index is -0.00736. The van der Waals surface area contributed by atoms with Crippen molar-refractivity contribution in [2.24, 2.45) is 0 Å². The normalized spacial score (nSPS) is 19.9. The molecule has 1 fully saturated rings. The Balaban J connectivity index is 1.97. The molecular formula is C14H27NO2. The largest absolute Gasteiger partial charge is 0.357 e. The highest BCUT2D eigenvalue weighted by atomic mass is 16.5. The van der Waals surface area contributed by atoms with E-state index in [1.807, 2.05) is 11.8 Å². The number of hydrogen-bond acceptors (Lipinski definition) is 2. The van der Waals surface area contributed by atoms with Crippen LogP contribution in [0.5, 0.6) is 0 Å². The van der Waals surface area contributed by atoms with Crippen LogP contribution in [0.15, 0.2) is 0 Å². The molecule has 100 valence electrons. The first-order valence-corrected chi connectivity index (χ1v) is 7.16. The molecule has 0 aliphatic carbocycles. The fraction of sp³-hybridized carbons (Fsp3) is 0.929. The molecule has 1 aliphatic heterocycles. The zero-order valence-corrected chi connectivity index (χ0v) is 11.4. The second kappa shape index (κ2) is 8.51. The maximum Gasteiger partial charge on any atom is 0.224 e. The lowest BCUT2D eigenvalue weighted by Crippen LogP contribution is -2.33. The van der Waals surface area contributed by atoms with Gasteiger partial charge in [-0.2, -0.15) is 0 Å². The molecule has 3 heteroatoms. The summed E-state index contributed by atoms with van der Waals surface area (Å²) in [5.41, 5.74) is 0. The van der Waals surface area contributed by atoms with Gasteiger partial charge in [0, 0.05) is 13.0 Å². The molecule has 0 aromatic heterocycles. The predicted molar refractivity (Wildman–Crippen MR) is 69.7 cm³/mol. The van der Waals surface area contributed by atoms with E-state index >= 15 is 0 Å². The molecule has 1 rings (SSSR count). The van der Waals surface area contributed by atoms with E-state index in [2.05, 4.69) is 6.92 Å². The maximum absolute atomic E-state index is 11.8. The van der Waals surface area contributed by atoms with Crippen molar-refractivity contribution in [2.75, 3.05) is 13.2 Å². The van der Waals surface area contributed by atoms with E-state index in [0.29, 0.717) is 13.0 Å². The van der Waals surface area contributed by atoms with Gasteiger partial charge in [0.05, 0.1) is 6.61 Å². The fourth-order valence-corrected chi connectivity index (χ4v) is 2.30. The Bertz CT molecular complexity index is 218. The van der Waals surface area contributed by atoms with E-state index in [1.165, 1.54) is 38.5 Å². The van der Waals surface area contributed by atoms with E-state index < -0.39 is 0 Å². The molecule has 0 saturated carbocycles. The van der Waals surface area contributed by atoms with E-state index in [4.69, 9.17) is 4.74 Å². The Labute approximate surface area is 106 Å². The van der Waals surface area contributed by atoms with Crippen LogP contribution in [0.3, 0.4) is 0 Å². The highest BCUT2D eigenvalue weighted by molar-refractivity contribution is 5.76. The third kappa shape index (κ3) is 5.53. The summed E-state index contributed by atoms with van der Waals surface area (Å²) in [6, 6.07) is 0. The summed E-state index contributed by atoms with van der Waals surface area (Å²) in [6.45, 7) is 5.66. The van der Waals surface area contributed by atoms with Gasteiger partial charge in [0.25, 0.3) is 0 Å². The first-order chi connectivity index (χ1) is 8.25. The van der Waals surface area contributed by atoms with E-state index in [9.17, 15) is 4.79 Å². The van der Waals surface area contributed by atoms with E-state index in [1.54, 1.807) is 0 Å². The number of amides is 1. The van der Waals surface area contributed by atoms with Gasteiger partial charge < -0.3 is 9.64 Å². The Morgan fingerprint density at radius 1 is 1.18 bits per heavy atom. The van der Waals surface area contributed by atoms with Crippen LogP contribution >= 0.6 is 0 Å². The first-order valence-electron chi connectivity index (χ1n) is 7.16. The standard InChI is InChI=1S/C14H27NO2/c1-3-4-5-6-7-8-9-10-14(16)15-11-12-17-13(15)2/h13H,3-12H2,1-2H3. The van der Waals surface area contributed by atoms with Crippen molar-refractivity contribution >= 4 is 5.91 Å². The van der Waals surface area contributed by atoms with Crippen molar-refractivity contribution < 1.29 is 9.53 Å².